The van der Waals surface area contributed by atoms with Crippen molar-refractivity contribution < 1.29 is 4.74 Å². The van der Waals surface area contributed by atoms with E-state index in [2.05, 4.69) is 114 Å². The molecule has 0 N–H and O–H groups in total. The van der Waals surface area contributed by atoms with Gasteiger partial charge in [0.15, 0.2) is 0 Å². The van der Waals surface area contributed by atoms with Crippen LogP contribution in [0, 0.1) is 0 Å². The standard InChI is InChI=1S/C31H39NOSi/c1-9-17-33-30-23(18-24(32(5)6)20-28(30)31(2,3)4)21-34(7,8)29-16-12-15-26-25-14-11-10-13-22(25)19-27(26)29/h9-16,18,20H,1,17,19,21H2,2-8H3. The number of rotatable bonds is 7. The van der Waals surface area contributed by atoms with Crippen LogP contribution in [0.1, 0.15) is 43.0 Å². The highest BCUT2D eigenvalue weighted by Crippen LogP contribution is 2.40. The first-order valence-electron chi connectivity index (χ1n) is 12.3. The Kier molecular flexibility index (Phi) is 6.52. The lowest BCUT2D eigenvalue weighted by Crippen LogP contribution is -2.46. The molecule has 1 aliphatic rings. The normalized spacial score (nSPS) is 12.8. The molecule has 0 atom stereocenters. The van der Waals surface area contributed by atoms with Crippen molar-refractivity contribution in [3.63, 3.8) is 0 Å². The summed E-state index contributed by atoms with van der Waals surface area (Å²) in [5.74, 6) is 1.05. The van der Waals surface area contributed by atoms with Gasteiger partial charge in [0.05, 0.1) is 8.07 Å². The third-order valence-corrected chi connectivity index (χ3v) is 10.2. The molecule has 3 aromatic rings. The summed E-state index contributed by atoms with van der Waals surface area (Å²) in [5.41, 5.74) is 9.63. The van der Waals surface area contributed by atoms with E-state index in [1.807, 2.05) is 6.08 Å². The highest BCUT2D eigenvalue weighted by molar-refractivity contribution is 6.89. The van der Waals surface area contributed by atoms with Crippen LogP contribution in [0.3, 0.4) is 0 Å². The van der Waals surface area contributed by atoms with Gasteiger partial charge in [0.25, 0.3) is 0 Å². The van der Waals surface area contributed by atoms with Crippen molar-refractivity contribution in [3.05, 3.63) is 89.5 Å². The number of benzene rings is 3. The van der Waals surface area contributed by atoms with Gasteiger partial charge in [-0.05, 0) is 57.8 Å². The fourth-order valence-corrected chi connectivity index (χ4v) is 8.29. The van der Waals surface area contributed by atoms with E-state index in [9.17, 15) is 0 Å². The van der Waals surface area contributed by atoms with Gasteiger partial charge in [-0.2, -0.15) is 0 Å². The molecule has 34 heavy (non-hydrogen) atoms. The Morgan fingerprint density at radius 3 is 2.38 bits per heavy atom. The highest BCUT2D eigenvalue weighted by Gasteiger charge is 2.33. The Morgan fingerprint density at radius 1 is 1.00 bits per heavy atom. The average molecular weight is 470 g/mol. The zero-order chi connectivity index (χ0) is 24.7. The van der Waals surface area contributed by atoms with Gasteiger partial charge < -0.3 is 9.64 Å². The van der Waals surface area contributed by atoms with E-state index < -0.39 is 8.07 Å². The lowest BCUT2D eigenvalue weighted by molar-refractivity contribution is 0.348. The van der Waals surface area contributed by atoms with Gasteiger partial charge in [-0.1, -0.05) is 94.2 Å². The molecule has 0 aromatic heterocycles. The molecule has 0 amide bonds. The second-order valence-electron chi connectivity index (χ2n) is 11.5. The zero-order valence-corrected chi connectivity index (χ0v) is 23.0. The van der Waals surface area contributed by atoms with Crippen LogP contribution in [-0.2, 0) is 17.9 Å². The molecule has 0 fully saturated rings. The first-order chi connectivity index (χ1) is 16.0. The fraction of sp³-hybridized carbons (Fsp3) is 0.355. The van der Waals surface area contributed by atoms with E-state index in [0.717, 1.165) is 18.2 Å². The maximum Gasteiger partial charge on any atom is 0.126 e. The van der Waals surface area contributed by atoms with Crippen LogP contribution in [0.25, 0.3) is 11.1 Å². The van der Waals surface area contributed by atoms with Crippen LogP contribution in [-0.4, -0.2) is 28.8 Å². The van der Waals surface area contributed by atoms with E-state index >= 15 is 0 Å². The van der Waals surface area contributed by atoms with Crippen LogP contribution in [0.2, 0.25) is 13.1 Å². The second-order valence-corrected chi connectivity index (χ2v) is 16.1. The minimum absolute atomic E-state index is 0.0153. The maximum absolute atomic E-state index is 6.39. The Balaban J connectivity index is 1.82. The third-order valence-electron chi connectivity index (χ3n) is 7.03. The third kappa shape index (κ3) is 4.59. The summed E-state index contributed by atoms with van der Waals surface area (Å²) in [4.78, 5) is 2.21. The molecule has 0 aliphatic heterocycles. The fourth-order valence-electron chi connectivity index (χ4n) is 5.29. The first-order valence-corrected chi connectivity index (χ1v) is 15.5. The topological polar surface area (TPSA) is 12.5 Å². The molecule has 3 heteroatoms. The van der Waals surface area contributed by atoms with Crippen molar-refractivity contribution in [1.29, 1.82) is 0 Å². The Morgan fingerprint density at radius 2 is 1.71 bits per heavy atom. The molecule has 0 heterocycles. The minimum Gasteiger partial charge on any atom is -0.489 e. The summed E-state index contributed by atoms with van der Waals surface area (Å²) >= 11 is 0. The molecule has 0 saturated carbocycles. The lowest BCUT2D eigenvalue weighted by Gasteiger charge is -2.31. The van der Waals surface area contributed by atoms with Crippen LogP contribution >= 0.6 is 0 Å². The summed E-state index contributed by atoms with van der Waals surface area (Å²) in [7, 11) is 2.40. The van der Waals surface area contributed by atoms with Gasteiger partial charge in [-0.3, -0.25) is 0 Å². The molecule has 3 aromatic carbocycles. The molecule has 0 bridgehead atoms. The molecule has 1 aliphatic carbocycles. The van der Waals surface area contributed by atoms with Gasteiger partial charge in [0.1, 0.15) is 12.4 Å². The van der Waals surface area contributed by atoms with E-state index in [-0.39, 0.29) is 5.41 Å². The minimum atomic E-state index is -1.85. The van der Waals surface area contributed by atoms with Gasteiger partial charge in [-0.15, -0.1) is 0 Å². The molecule has 2 nitrogen and oxygen atoms in total. The molecule has 0 spiro atoms. The lowest BCUT2D eigenvalue weighted by atomic mass is 9.84. The van der Waals surface area contributed by atoms with Crippen molar-refractivity contribution in [2.75, 3.05) is 25.6 Å². The highest BCUT2D eigenvalue weighted by atomic mass is 28.3. The van der Waals surface area contributed by atoms with Gasteiger partial charge >= 0.3 is 0 Å². The van der Waals surface area contributed by atoms with Gasteiger partial charge in [0.2, 0.25) is 0 Å². The smallest absolute Gasteiger partial charge is 0.126 e. The maximum atomic E-state index is 6.39. The summed E-state index contributed by atoms with van der Waals surface area (Å²) in [6.45, 7) is 16.3. The number of ether oxygens (including phenoxy) is 1. The van der Waals surface area contributed by atoms with Crippen molar-refractivity contribution in [2.45, 2.75) is 51.7 Å². The Hall–Kier alpha value is -2.78. The number of hydrogen-bond acceptors (Lipinski definition) is 2. The van der Waals surface area contributed by atoms with Crippen LogP contribution in [0.5, 0.6) is 5.75 Å². The van der Waals surface area contributed by atoms with Crippen molar-refractivity contribution >= 4 is 18.9 Å². The summed E-state index contributed by atoms with van der Waals surface area (Å²) in [6, 6.07) is 21.5. The second kappa shape index (κ2) is 9.11. The quantitative estimate of drug-likeness (QED) is 0.216. The Labute approximate surface area is 207 Å². The molecule has 0 unspecified atom stereocenters. The number of anilines is 1. The molecule has 178 valence electrons. The monoisotopic (exact) mass is 469 g/mol. The molecule has 0 saturated heterocycles. The van der Waals surface area contributed by atoms with Gasteiger partial charge in [0, 0.05) is 25.3 Å². The van der Waals surface area contributed by atoms with Crippen molar-refractivity contribution in [1.82, 2.24) is 0 Å². The number of nitrogens with zero attached hydrogens (tertiary/aromatic N) is 1. The summed E-state index contributed by atoms with van der Waals surface area (Å²) in [5, 5.41) is 1.57. The largest absolute Gasteiger partial charge is 0.489 e. The molecular formula is C31H39NOSi. The zero-order valence-electron chi connectivity index (χ0n) is 22.0. The van der Waals surface area contributed by atoms with Gasteiger partial charge in [-0.25, -0.2) is 0 Å². The predicted octanol–water partition coefficient (Wildman–Crippen LogP) is 6.88. The predicted molar refractivity (Wildman–Crippen MR) is 151 cm³/mol. The molecule has 4 rings (SSSR count). The first kappa shape index (κ1) is 24.3. The van der Waals surface area contributed by atoms with Crippen LogP contribution < -0.4 is 14.8 Å². The summed E-state index contributed by atoms with van der Waals surface area (Å²) in [6.07, 6.45) is 2.89. The van der Waals surface area contributed by atoms with Crippen LogP contribution in [0.4, 0.5) is 5.69 Å². The molecule has 0 radical (unpaired) electrons. The van der Waals surface area contributed by atoms with Crippen LogP contribution in [0.15, 0.2) is 67.3 Å². The average Bonchev–Trinajstić information content (AvgIpc) is 3.15. The van der Waals surface area contributed by atoms with E-state index in [1.54, 1.807) is 5.19 Å². The number of hydrogen-bond donors (Lipinski definition) is 0. The molecular weight excluding hydrogens is 430 g/mol. The van der Waals surface area contributed by atoms with E-state index in [4.69, 9.17) is 4.74 Å². The number of fused-ring (bicyclic) bond motifs is 3. The SMILES string of the molecule is C=CCOc1c(C[Si](C)(C)c2cccc3c2Cc2ccccc2-3)cc(N(C)C)cc1C(C)(C)C. The van der Waals surface area contributed by atoms with E-state index in [1.165, 1.54) is 39.1 Å². The van der Waals surface area contributed by atoms with E-state index in [0.29, 0.717) is 6.61 Å². The van der Waals surface area contributed by atoms with Crippen molar-refractivity contribution in [3.8, 4) is 16.9 Å². The van der Waals surface area contributed by atoms with Crippen molar-refractivity contribution in [2.24, 2.45) is 0 Å². The summed E-state index contributed by atoms with van der Waals surface area (Å²) < 4.78 is 6.39. The Bertz CT molecular complexity index is 1220.